The minimum Gasteiger partial charge on any atom is -0.345 e. The lowest BCUT2D eigenvalue weighted by atomic mass is 9.96. The molecule has 0 saturated carbocycles. The van der Waals surface area contributed by atoms with E-state index in [1.165, 1.54) is 16.0 Å². The highest BCUT2D eigenvalue weighted by Gasteiger charge is 2.41. The van der Waals surface area contributed by atoms with E-state index in [4.69, 9.17) is 0 Å². The number of benzene rings is 2. The number of nitrogens with one attached hydrogen (secondary N) is 1. The smallest absolute Gasteiger partial charge is 0.260 e. The zero-order chi connectivity index (χ0) is 27.1. The molecule has 0 aliphatic carbocycles. The van der Waals surface area contributed by atoms with E-state index in [9.17, 15) is 19.2 Å². The van der Waals surface area contributed by atoms with Crippen LogP contribution in [0.5, 0.6) is 0 Å². The summed E-state index contributed by atoms with van der Waals surface area (Å²) in [7, 11) is 0. The van der Waals surface area contributed by atoms with Crippen LogP contribution in [0.3, 0.4) is 0 Å². The molecule has 0 spiro atoms. The van der Waals surface area contributed by atoms with Crippen molar-refractivity contribution in [2.24, 2.45) is 5.92 Å². The minimum absolute atomic E-state index is 0.233. The molecule has 0 unspecified atom stereocenters. The number of carbonyl (C=O) groups excluding carboxylic acids is 4. The zero-order valence-electron chi connectivity index (χ0n) is 21.4. The monoisotopic (exact) mass is 510 g/mol. The maximum atomic E-state index is 13.9. The summed E-state index contributed by atoms with van der Waals surface area (Å²) in [5.74, 6) is -1.43. The SMILES string of the molecule is CC(C)[C@@H]1C(=O)N(CC(=O)N[C@H](C=O)Cc2ccccc2)C(c2ccccc2)=CN1C(=O)c1cccnc1. The van der Waals surface area contributed by atoms with Crippen LogP contribution < -0.4 is 5.32 Å². The molecule has 1 N–H and O–H groups in total. The van der Waals surface area contributed by atoms with E-state index in [0.29, 0.717) is 29.5 Å². The van der Waals surface area contributed by atoms with Crippen LogP contribution in [0.15, 0.2) is 91.4 Å². The van der Waals surface area contributed by atoms with Gasteiger partial charge in [-0.2, -0.15) is 0 Å². The lowest BCUT2D eigenvalue weighted by Crippen LogP contribution is -2.56. The van der Waals surface area contributed by atoms with Gasteiger partial charge in [0.1, 0.15) is 18.9 Å². The van der Waals surface area contributed by atoms with Gasteiger partial charge in [-0.25, -0.2) is 0 Å². The highest BCUT2D eigenvalue weighted by Crippen LogP contribution is 2.31. The van der Waals surface area contributed by atoms with E-state index in [2.05, 4.69) is 10.3 Å². The average molecular weight is 511 g/mol. The molecule has 0 saturated heterocycles. The van der Waals surface area contributed by atoms with Gasteiger partial charge in [-0.3, -0.25) is 24.3 Å². The molecule has 2 heterocycles. The van der Waals surface area contributed by atoms with Crippen LogP contribution in [0, 0.1) is 5.92 Å². The standard InChI is InChI=1S/C30H30N4O4/c1-21(2)28-30(38)33(19-27(36)32-25(20-35)16-22-10-5-3-6-11-22)26(23-12-7-4-8-13-23)18-34(28)29(37)24-14-9-15-31-17-24/h3-15,17-18,20-21,25,28H,16,19H2,1-2H3,(H,32,36)/t25-,28+/m0/s1. The zero-order valence-corrected chi connectivity index (χ0v) is 21.4. The number of nitrogens with zero attached hydrogens (tertiary/aromatic N) is 3. The Kier molecular flexibility index (Phi) is 8.43. The fourth-order valence-corrected chi connectivity index (χ4v) is 4.51. The van der Waals surface area contributed by atoms with Gasteiger partial charge < -0.3 is 15.0 Å². The van der Waals surface area contributed by atoms with Crippen molar-refractivity contribution >= 4 is 29.7 Å². The molecule has 38 heavy (non-hydrogen) atoms. The van der Waals surface area contributed by atoms with Gasteiger partial charge in [-0.1, -0.05) is 74.5 Å². The Hall–Kier alpha value is -4.59. The number of rotatable bonds is 9. The van der Waals surface area contributed by atoms with Gasteiger partial charge in [-0.15, -0.1) is 0 Å². The second-order valence-electron chi connectivity index (χ2n) is 9.45. The van der Waals surface area contributed by atoms with Crippen LogP contribution in [0.1, 0.15) is 35.3 Å². The van der Waals surface area contributed by atoms with Gasteiger partial charge in [0.25, 0.3) is 11.8 Å². The molecular weight excluding hydrogens is 480 g/mol. The van der Waals surface area contributed by atoms with Gasteiger partial charge in [0.05, 0.1) is 17.3 Å². The highest BCUT2D eigenvalue weighted by atomic mass is 16.2. The fourth-order valence-electron chi connectivity index (χ4n) is 4.51. The molecule has 1 aromatic heterocycles. The first-order valence-corrected chi connectivity index (χ1v) is 12.5. The van der Waals surface area contributed by atoms with Crippen molar-refractivity contribution < 1.29 is 19.2 Å². The Morgan fingerprint density at radius 2 is 1.68 bits per heavy atom. The molecule has 4 rings (SSSR count). The predicted molar refractivity (Wildman–Crippen MR) is 143 cm³/mol. The second kappa shape index (κ2) is 12.1. The number of aldehydes is 1. The van der Waals surface area contributed by atoms with E-state index >= 15 is 0 Å². The first kappa shape index (κ1) is 26.5. The van der Waals surface area contributed by atoms with Gasteiger partial charge >= 0.3 is 0 Å². The predicted octanol–water partition coefficient (Wildman–Crippen LogP) is 3.32. The quantitative estimate of drug-likeness (QED) is 0.445. The van der Waals surface area contributed by atoms with Gasteiger partial charge in [0, 0.05) is 18.6 Å². The summed E-state index contributed by atoms with van der Waals surface area (Å²) >= 11 is 0. The van der Waals surface area contributed by atoms with E-state index in [0.717, 1.165) is 5.56 Å². The van der Waals surface area contributed by atoms with Crippen LogP contribution in [0.4, 0.5) is 0 Å². The molecule has 3 amide bonds. The first-order valence-electron chi connectivity index (χ1n) is 12.5. The van der Waals surface area contributed by atoms with Crippen LogP contribution in [0.25, 0.3) is 5.70 Å². The maximum absolute atomic E-state index is 13.9. The van der Waals surface area contributed by atoms with Gasteiger partial charge in [-0.05, 0) is 35.6 Å². The Bertz CT molecular complexity index is 1310. The first-order chi connectivity index (χ1) is 18.4. The van der Waals surface area contributed by atoms with Crippen molar-refractivity contribution in [3.63, 3.8) is 0 Å². The van der Waals surface area contributed by atoms with Crippen molar-refractivity contribution in [2.75, 3.05) is 6.54 Å². The van der Waals surface area contributed by atoms with Crippen LogP contribution >= 0.6 is 0 Å². The topological polar surface area (TPSA) is 99.7 Å². The Morgan fingerprint density at radius 1 is 1.00 bits per heavy atom. The Labute approximate surface area is 222 Å². The van der Waals surface area contributed by atoms with Crippen molar-refractivity contribution in [1.82, 2.24) is 20.1 Å². The highest BCUT2D eigenvalue weighted by molar-refractivity contribution is 6.03. The summed E-state index contributed by atoms with van der Waals surface area (Å²) in [6.07, 6.45) is 5.71. The third-order valence-corrected chi connectivity index (χ3v) is 6.33. The molecule has 0 bridgehead atoms. The fraction of sp³-hybridized carbons (Fsp3) is 0.233. The molecule has 1 aliphatic rings. The average Bonchev–Trinajstić information content (AvgIpc) is 2.94. The van der Waals surface area contributed by atoms with E-state index < -0.39 is 18.0 Å². The largest absolute Gasteiger partial charge is 0.345 e. The summed E-state index contributed by atoms with van der Waals surface area (Å²) in [6.45, 7) is 3.42. The number of amides is 3. The molecule has 2 atom stereocenters. The molecular formula is C30H30N4O4. The number of aromatic nitrogens is 1. The second-order valence-corrected chi connectivity index (χ2v) is 9.45. The molecule has 1 aliphatic heterocycles. The molecule has 2 aromatic carbocycles. The number of hydrogen-bond donors (Lipinski definition) is 1. The number of hydrogen-bond acceptors (Lipinski definition) is 5. The van der Waals surface area contributed by atoms with Gasteiger partial charge in [0.15, 0.2) is 0 Å². The summed E-state index contributed by atoms with van der Waals surface area (Å²) in [5.41, 5.74) is 2.37. The van der Waals surface area contributed by atoms with E-state index in [1.807, 2.05) is 74.5 Å². The molecule has 0 fully saturated rings. The normalized spacial score (nSPS) is 16.1. The van der Waals surface area contributed by atoms with Crippen LogP contribution in [0.2, 0.25) is 0 Å². The van der Waals surface area contributed by atoms with Crippen LogP contribution in [-0.4, -0.2) is 57.4 Å². The molecule has 3 aromatic rings. The van der Waals surface area contributed by atoms with E-state index in [1.54, 1.807) is 24.5 Å². The third-order valence-electron chi connectivity index (χ3n) is 6.33. The van der Waals surface area contributed by atoms with Crippen LogP contribution in [-0.2, 0) is 20.8 Å². The summed E-state index contributed by atoms with van der Waals surface area (Å²) in [4.78, 5) is 59.1. The molecule has 0 radical (unpaired) electrons. The third kappa shape index (κ3) is 6.03. The maximum Gasteiger partial charge on any atom is 0.260 e. The minimum atomic E-state index is -0.825. The summed E-state index contributed by atoms with van der Waals surface area (Å²) in [6, 6.07) is 20.3. The Morgan fingerprint density at radius 3 is 2.29 bits per heavy atom. The summed E-state index contributed by atoms with van der Waals surface area (Å²) < 4.78 is 0. The van der Waals surface area contributed by atoms with E-state index in [-0.39, 0.29) is 24.3 Å². The van der Waals surface area contributed by atoms with Crippen molar-refractivity contribution in [2.45, 2.75) is 32.4 Å². The lowest BCUT2D eigenvalue weighted by Gasteiger charge is -2.41. The number of carbonyl (C=O) groups is 4. The van der Waals surface area contributed by atoms with Crippen molar-refractivity contribution in [3.05, 3.63) is 108 Å². The number of pyridine rings is 1. The van der Waals surface area contributed by atoms with Gasteiger partial charge in [0.2, 0.25) is 5.91 Å². The Balaban J connectivity index is 1.65. The molecule has 194 valence electrons. The van der Waals surface area contributed by atoms with Crippen molar-refractivity contribution in [1.29, 1.82) is 0 Å². The molecule has 8 nitrogen and oxygen atoms in total. The lowest BCUT2D eigenvalue weighted by molar-refractivity contribution is -0.138. The molecule has 8 heteroatoms. The summed E-state index contributed by atoms with van der Waals surface area (Å²) in [5, 5.41) is 2.74. The van der Waals surface area contributed by atoms with Crippen molar-refractivity contribution in [3.8, 4) is 0 Å².